The Morgan fingerprint density at radius 3 is 2.86 bits per heavy atom. The van der Waals surface area contributed by atoms with Gasteiger partial charge in [0.15, 0.2) is 0 Å². The molecular weight excluding hydrogens is 466 g/mol. The molecule has 2 aromatic heterocycles. The molecule has 4 aliphatic rings. The molecule has 3 aromatic rings. The molecule has 2 N–H and O–H groups in total. The molecule has 0 bridgehead atoms. The Morgan fingerprint density at radius 1 is 1.03 bits per heavy atom. The van der Waals surface area contributed by atoms with Crippen molar-refractivity contribution in [2.24, 2.45) is 4.99 Å². The molecule has 2 amide bonds. The number of rotatable bonds is 3. The van der Waals surface area contributed by atoms with E-state index in [2.05, 4.69) is 42.7 Å². The summed E-state index contributed by atoms with van der Waals surface area (Å²) in [4.78, 5) is 45.5. The second kappa shape index (κ2) is 8.33. The number of aromatic nitrogens is 3. The maximum atomic E-state index is 13.2. The van der Waals surface area contributed by atoms with Crippen LogP contribution in [0.15, 0.2) is 65.2 Å². The molecule has 37 heavy (non-hydrogen) atoms. The van der Waals surface area contributed by atoms with Crippen LogP contribution in [0.25, 0.3) is 0 Å². The van der Waals surface area contributed by atoms with Crippen molar-refractivity contribution in [1.82, 2.24) is 19.9 Å². The topological polar surface area (TPSA) is 112 Å². The number of fused-ring (bicyclic) bond motifs is 3. The van der Waals surface area contributed by atoms with Crippen molar-refractivity contribution >= 4 is 35.4 Å². The number of nitrogens with zero attached hydrogens (tertiary/aromatic N) is 5. The molecule has 0 radical (unpaired) electrons. The highest BCUT2D eigenvalue weighted by atomic mass is 16.2. The Labute approximate surface area is 213 Å². The highest BCUT2D eigenvalue weighted by molar-refractivity contribution is 6.06. The van der Waals surface area contributed by atoms with Gasteiger partial charge in [0.2, 0.25) is 5.91 Å². The molecule has 7 rings (SSSR count). The third-order valence-electron chi connectivity index (χ3n) is 7.92. The molecule has 1 atom stereocenters. The fourth-order valence-corrected chi connectivity index (χ4v) is 5.99. The van der Waals surface area contributed by atoms with Crippen molar-refractivity contribution in [3.8, 4) is 0 Å². The van der Waals surface area contributed by atoms with Gasteiger partial charge in [-0.15, -0.1) is 0 Å². The summed E-state index contributed by atoms with van der Waals surface area (Å²) in [5.74, 6) is 1.13. The molecule has 9 heteroatoms. The van der Waals surface area contributed by atoms with Gasteiger partial charge >= 0.3 is 0 Å². The second-order valence-electron chi connectivity index (χ2n) is 10.0. The first-order valence-corrected chi connectivity index (χ1v) is 12.6. The summed E-state index contributed by atoms with van der Waals surface area (Å²) >= 11 is 0. The molecule has 1 unspecified atom stereocenters. The lowest BCUT2D eigenvalue weighted by Gasteiger charge is -2.20. The van der Waals surface area contributed by atoms with E-state index in [1.165, 1.54) is 11.9 Å². The van der Waals surface area contributed by atoms with Gasteiger partial charge in [0, 0.05) is 61.4 Å². The second-order valence-corrected chi connectivity index (χ2v) is 10.0. The quantitative estimate of drug-likeness (QED) is 0.579. The molecule has 0 fully saturated rings. The predicted molar refractivity (Wildman–Crippen MR) is 139 cm³/mol. The van der Waals surface area contributed by atoms with Crippen LogP contribution in [0.4, 0.5) is 17.3 Å². The normalized spacial score (nSPS) is 21.5. The number of hydrogen-bond donors (Lipinski definition) is 2. The summed E-state index contributed by atoms with van der Waals surface area (Å²) < 4.78 is 0. The highest BCUT2D eigenvalue weighted by Crippen LogP contribution is 2.47. The van der Waals surface area contributed by atoms with E-state index in [0.29, 0.717) is 43.3 Å². The summed E-state index contributed by atoms with van der Waals surface area (Å²) in [7, 11) is 0. The zero-order valence-electron chi connectivity index (χ0n) is 20.2. The van der Waals surface area contributed by atoms with Crippen molar-refractivity contribution in [3.05, 3.63) is 82.6 Å². The molecule has 3 aliphatic heterocycles. The van der Waals surface area contributed by atoms with Crippen LogP contribution in [0.1, 0.15) is 46.4 Å². The monoisotopic (exact) mass is 491 g/mol. The first-order chi connectivity index (χ1) is 18.1. The van der Waals surface area contributed by atoms with Gasteiger partial charge in [0.05, 0.1) is 5.41 Å². The van der Waals surface area contributed by atoms with Crippen LogP contribution < -0.4 is 10.6 Å². The number of nitrogens with one attached hydrogen (secondary N) is 2. The van der Waals surface area contributed by atoms with Crippen LogP contribution in [0.5, 0.6) is 0 Å². The van der Waals surface area contributed by atoms with Gasteiger partial charge in [-0.3, -0.25) is 14.6 Å². The number of pyridine rings is 1. The van der Waals surface area contributed by atoms with E-state index in [4.69, 9.17) is 0 Å². The molecule has 1 aromatic carbocycles. The summed E-state index contributed by atoms with van der Waals surface area (Å²) in [5, 5.41) is 6.27. The van der Waals surface area contributed by atoms with Crippen molar-refractivity contribution in [2.45, 2.75) is 37.5 Å². The lowest BCUT2D eigenvalue weighted by Crippen LogP contribution is -2.35. The average molecular weight is 492 g/mol. The minimum atomic E-state index is -0.605. The average Bonchev–Trinajstić information content (AvgIpc) is 3.56. The van der Waals surface area contributed by atoms with Crippen molar-refractivity contribution < 1.29 is 9.59 Å². The number of carbonyl (C=O) groups excluding carboxylic acids is 2. The smallest absolute Gasteiger partial charge is 0.272 e. The Balaban J connectivity index is 1.08. The lowest BCUT2D eigenvalue weighted by atomic mass is 9.79. The Bertz CT molecular complexity index is 1530. The summed E-state index contributed by atoms with van der Waals surface area (Å²) in [6.07, 6.45) is 8.89. The van der Waals surface area contributed by atoms with E-state index >= 15 is 0 Å². The van der Waals surface area contributed by atoms with Gasteiger partial charge in [-0.05, 0) is 54.2 Å². The number of aliphatic imine (C=N–C) groups is 1. The van der Waals surface area contributed by atoms with E-state index in [9.17, 15) is 9.59 Å². The zero-order chi connectivity index (χ0) is 25.0. The van der Waals surface area contributed by atoms with Gasteiger partial charge in [-0.1, -0.05) is 12.1 Å². The van der Waals surface area contributed by atoms with Gasteiger partial charge in [0.25, 0.3) is 5.91 Å². The Morgan fingerprint density at radius 2 is 1.92 bits per heavy atom. The van der Waals surface area contributed by atoms with Gasteiger partial charge in [-0.2, -0.15) is 0 Å². The first-order valence-electron chi connectivity index (χ1n) is 12.6. The molecule has 184 valence electrons. The molecule has 1 spiro atoms. The number of amides is 2. The van der Waals surface area contributed by atoms with Crippen LogP contribution >= 0.6 is 0 Å². The fraction of sp³-hybridized carbons (Fsp3) is 0.286. The first kappa shape index (κ1) is 21.8. The molecule has 1 aliphatic carbocycles. The third kappa shape index (κ3) is 3.61. The van der Waals surface area contributed by atoms with Crippen LogP contribution in [0.2, 0.25) is 0 Å². The third-order valence-corrected chi connectivity index (χ3v) is 7.92. The number of anilines is 3. The zero-order valence-corrected chi connectivity index (χ0v) is 20.2. The van der Waals surface area contributed by atoms with Crippen LogP contribution in [-0.2, 0) is 23.1 Å². The fourth-order valence-electron chi connectivity index (χ4n) is 5.99. The van der Waals surface area contributed by atoms with Crippen molar-refractivity contribution in [2.75, 3.05) is 23.7 Å². The van der Waals surface area contributed by atoms with Gasteiger partial charge < -0.3 is 15.5 Å². The Hall–Kier alpha value is -4.40. The van der Waals surface area contributed by atoms with Crippen molar-refractivity contribution in [1.29, 1.82) is 0 Å². The van der Waals surface area contributed by atoms with Gasteiger partial charge in [-0.25, -0.2) is 15.0 Å². The minimum Gasteiger partial charge on any atom is -0.340 e. The van der Waals surface area contributed by atoms with E-state index in [0.717, 1.165) is 47.3 Å². The maximum Gasteiger partial charge on any atom is 0.272 e. The van der Waals surface area contributed by atoms with Crippen molar-refractivity contribution in [3.63, 3.8) is 0 Å². The largest absolute Gasteiger partial charge is 0.340 e. The standard InChI is InChI=1S/C28H25N7O2/c36-26(35-10-6-17-5-9-29-22(17)7-11-35)23-13-24(32-16-31-23)33-20-4-3-18-14-28(15-19(18)12-20)21-2-1-8-30-25(21)34-27(28)37/h1-4,8-9,12-13,16H,5-7,10-11,14-15H2,(H,30,34,37)(H,31,32,33). The summed E-state index contributed by atoms with van der Waals surface area (Å²) in [5.41, 5.74) is 6.33. The minimum absolute atomic E-state index is 0.00612. The SMILES string of the molecule is O=C(c1cc(Nc2ccc3c(c2)CC2(C3)C(=O)Nc3ncccc32)ncn1)N1CCC2=C(CC1)N=CC2. The molecular formula is C28H25N7O2. The lowest BCUT2D eigenvalue weighted by molar-refractivity contribution is -0.120. The maximum absolute atomic E-state index is 13.2. The molecule has 9 nitrogen and oxygen atoms in total. The number of carbonyl (C=O) groups is 2. The predicted octanol–water partition coefficient (Wildman–Crippen LogP) is 3.57. The summed E-state index contributed by atoms with van der Waals surface area (Å²) in [6.45, 7) is 1.31. The summed E-state index contributed by atoms with van der Waals surface area (Å²) in [6, 6.07) is 11.7. The molecule has 0 saturated carbocycles. The highest BCUT2D eigenvalue weighted by Gasteiger charge is 2.51. The molecule has 5 heterocycles. The molecule has 0 saturated heterocycles. The van der Waals surface area contributed by atoms with E-state index < -0.39 is 5.41 Å². The van der Waals surface area contributed by atoms with Crippen LogP contribution in [0.3, 0.4) is 0 Å². The number of hydrogen-bond acceptors (Lipinski definition) is 7. The van der Waals surface area contributed by atoms with Crippen LogP contribution in [0, 0.1) is 0 Å². The van der Waals surface area contributed by atoms with Gasteiger partial charge in [0.1, 0.15) is 23.7 Å². The number of benzene rings is 1. The Kier molecular flexibility index (Phi) is 4.92. The van der Waals surface area contributed by atoms with E-state index in [-0.39, 0.29) is 11.8 Å². The van der Waals surface area contributed by atoms with E-state index in [1.54, 1.807) is 12.3 Å². The van der Waals surface area contributed by atoms with E-state index in [1.807, 2.05) is 29.3 Å². The van der Waals surface area contributed by atoms with Crippen LogP contribution in [-0.4, -0.2) is 51.0 Å².